The van der Waals surface area contributed by atoms with Gasteiger partial charge in [-0.1, -0.05) is 49.6 Å². The molecule has 0 radical (unpaired) electrons. The van der Waals surface area contributed by atoms with Gasteiger partial charge in [0.2, 0.25) is 0 Å². The van der Waals surface area contributed by atoms with E-state index in [1.54, 1.807) is 0 Å². The molecule has 4 fully saturated rings. The monoisotopic (exact) mass is 366 g/mol. The van der Waals surface area contributed by atoms with Crippen LogP contribution in [0, 0.1) is 0 Å². The topological polar surface area (TPSA) is 65.0 Å². The van der Waals surface area contributed by atoms with Crippen LogP contribution in [-0.4, -0.2) is 51.0 Å². The minimum Gasteiger partial charge on any atom is -0.389 e. The fourth-order valence-electron chi connectivity index (χ4n) is 4.05. The van der Waals surface area contributed by atoms with Crippen LogP contribution in [0.25, 0.3) is 0 Å². The highest BCUT2D eigenvalue weighted by molar-refractivity contribution is 7.85. The minimum absolute atomic E-state index is 0.158. The Bertz CT molecular complexity index is 587. The van der Waals surface area contributed by atoms with Crippen LogP contribution in [0.3, 0.4) is 0 Å². The average molecular weight is 366 g/mol. The Morgan fingerprint density at radius 3 is 2.64 bits per heavy atom. The molecule has 138 valence electrons. The largest absolute Gasteiger partial charge is 0.389 e. The van der Waals surface area contributed by atoms with E-state index in [4.69, 9.17) is 14.2 Å². The van der Waals surface area contributed by atoms with Crippen molar-refractivity contribution < 1.29 is 23.5 Å². The Morgan fingerprint density at radius 2 is 1.92 bits per heavy atom. The average Bonchev–Trinajstić information content (AvgIpc) is 2.62. The third-order valence-corrected chi connectivity index (χ3v) is 7.18. The van der Waals surface area contributed by atoms with Crippen molar-refractivity contribution in [2.75, 3.05) is 5.75 Å². The minimum atomic E-state index is -1.14. The zero-order chi connectivity index (χ0) is 17.2. The fourth-order valence-corrected chi connectivity index (χ4v) is 5.71. The first-order valence-electron chi connectivity index (χ1n) is 9.24. The van der Waals surface area contributed by atoms with Crippen LogP contribution in [0.5, 0.6) is 0 Å². The second kappa shape index (κ2) is 7.84. The molecule has 1 aliphatic carbocycles. The zero-order valence-corrected chi connectivity index (χ0v) is 15.1. The summed E-state index contributed by atoms with van der Waals surface area (Å²) in [5.41, 5.74) is 1.05. The third-order valence-electron chi connectivity index (χ3n) is 5.41. The van der Waals surface area contributed by atoms with Crippen LogP contribution in [0.1, 0.15) is 37.7 Å². The Hall–Kier alpha value is -0.790. The molecule has 3 saturated heterocycles. The fraction of sp³-hybridized carbons (Fsp3) is 0.684. The third kappa shape index (κ3) is 3.83. The molecule has 6 atom stereocenters. The van der Waals surface area contributed by atoms with Gasteiger partial charge in [-0.25, -0.2) is 0 Å². The van der Waals surface area contributed by atoms with Gasteiger partial charge in [-0.2, -0.15) is 0 Å². The van der Waals surface area contributed by atoms with Gasteiger partial charge in [0.1, 0.15) is 23.6 Å². The summed E-state index contributed by atoms with van der Waals surface area (Å²) >= 11 is 0. The van der Waals surface area contributed by atoms with Crippen molar-refractivity contribution in [3.05, 3.63) is 35.9 Å². The predicted octanol–water partition coefficient (Wildman–Crippen LogP) is 2.14. The van der Waals surface area contributed by atoms with Crippen molar-refractivity contribution in [2.24, 2.45) is 0 Å². The maximum Gasteiger partial charge on any atom is 0.175 e. The first-order valence-corrected chi connectivity index (χ1v) is 10.6. The van der Waals surface area contributed by atoms with Gasteiger partial charge in [-0.15, -0.1) is 0 Å². The van der Waals surface area contributed by atoms with Crippen molar-refractivity contribution in [1.82, 2.24) is 0 Å². The molecule has 4 aliphatic rings. The number of hydrogen-bond donors (Lipinski definition) is 1. The number of aliphatic hydroxyl groups excluding tert-OH is 1. The van der Waals surface area contributed by atoms with Gasteiger partial charge in [0.25, 0.3) is 0 Å². The molecule has 1 saturated carbocycles. The second-order valence-electron chi connectivity index (χ2n) is 7.20. The SMILES string of the molecule is O=[S@@]1C[C@H]2O[C@@H](OC3CCCCC3)[C@@H]1[C@@H](O)[C@@H]2OCc1ccccc1. The second-order valence-corrected chi connectivity index (χ2v) is 8.84. The zero-order valence-electron chi connectivity index (χ0n) is 14.3. The Balaban J connectivity index is 1.39. The summed E-state index contributed by atoms with van der Waals surface area (Å²) in [7, 11) is -1.14. The van der Waals surface area contributed by atoms with E-state index in [-0.39, 0.29) is 12.2 Å². The van der Waals surface area contributed by atoms with E-state index in [2.05, 4.69) is 0 Å². The van der Waals surface area contributed by atoms with E-state index in [0.717, 1.165) is 18.4 Å². The quantitative estimate of drug-likeness (QED) is 0.865. The van der Waals surface area contributed by atoms with E-state index in [0.29, 0.717) is 12.4 Å². The summed E-state index contributed by atoms with van der Waals surface area (Å²) in [4.78, 5) is 0. The van der Waals surface area contributed by atoms with Gasteiger partial charge in [-0.3, -0.25) is 4.21 Å². The standard InChI is InChI=1S/C19H26O5S/c20-16-17(22-11-13-7-3-1-4-8-13)15-12-25(21)18(16)19(24-15)23-14-9-5-2-6-10-14/h1,3-4,7-8,14-20H,2,5-6,9-12H2/t15-,16+,17-,18+,19-,25-/m1/s1. The molecule has 0 aromatic heterocycles. The number of ether oxygens (including phenoxy) is 3. The molecule has 1 N–H and O–H groups in total. The highest BCUT2D eigenvalue weighted by Gasteiger charge is 2.55. The molecule has 1 aromatic carbocycles. The molecule has 3 aliphatic heterocycles. The van der Waals surface area contributed by atoms with E-state index < -0.39 is 34.5 Å². The number of fused-ring (bicyclic) bond motifs is 3. The Morgan fingerprint density at radius 1 is 1.16 bits per heavy atom. The highest BCUT2D eigenvalue weighted by Crippen LogP contribution is 2.36. The van der Waals surface area contributed by atoms with Crippen LogP contribution < -0.4 is 0 Å². The number of benzene rings is 1. The molecule has 0 amide bonds. The lowest BCUT2D eigenvalue weighted by Gasteiger charge is -2.49. The maximum atomic E-state index is 12.5. The van der Waals surface area contributed by atoms with Crippen LogP contribution in [0.4, 0.5) is 0 Å². The molecule has 5 rings (SSSR count). The summed E-state index contributed by atoms with van der Waals surface area (Å²) in [5, 5.41) is 10.2. The van der Waals surface area contributed by atoms with Crippen LogP contribution in [0.15, 0.2) is 30.3 Å². The molecule has 5 nitrogen and oxygen atoms in total. The molecule has 3 heterocycles. The summed E-state index contributed by atoms with van der Waals surface area (Å²) in [6.45, 7) is 0.413. The van der Waals surface area contributed by atoms with Gasteiger partial charge in [0, 0.05) is 10.8 Å². The summed E-state index contributed by atoms with van der Waals surface area (Å²) in [6, 6.07) is 9.85. The van der Waals surface area contributed by atoms with Crippen LogP contribution in [-0.2, 0) is 31.6 Å². The van der Waals surface area contributed by atoms with Gasteiger partial charge < -0.3 is 19.3 Å². The first-order chi connectivity index (χ1) is 12.2. The van der Waals surface area contributed by atoms with Crippen molar-refractivity contribution in [3.8, 4) is 0 Å². The number of rotatable bonds is 5. The predicted molar refractivity (Wildman–Crippen MR) is 94.4 cm³/mol. The number of aliphatic hydroxyl groups is 1. The van der Waals surface area contributed by atoms with E-state index in [9.17, 15) is 9.32 Å². The lowest BCUT2D eigenvalue weighted by molar-refractivity contribution is -0.271. The molecule has 6 heteroatoms. The summed E-state index contributed by atoms with van der Waals surface area (Å²) < 4.78 is 30.5. The first kappa shape index (κ1) is 17.6. The maximum absolute atomic E-state index is 12.5. The lowest BCUT2D eigenvalue weighted by Crippen LogP contribution is -2.67. The lowest BCUT2D eigenvalue weighted by atomic mass is 9.97. The number of hydrogen-bond acceptors (Lipinski definition) is 5. The molecular formula is C19H26O5S. The van der Waals surface area contributed by atoms with Crippen molar-refractivity contribution in [3.63, 3.8) is 0 Å². The van der Waals surface area contributed by atoms with Crippen molar-refractivity contribution >= 4 is 10.8 Å². The van der Waals surface area contributed by atoms with Crippen molar-refractivity contribution in [1.29, 1.82) is 0 Å². The van der Waals surface area contributed by atoms with E-state index >= 15 is 0 Å². The van der Waals surface area contributed by atoms with Crippen LogP contribution in [0.2, 0.25) is 0 Å². The Kier molecular flexibility index (Phi) is 5.53. The van der Waals surface area contributed by atoms with Crippen molar-refractivity contribution in [2.45, 2.75) is 74.7 Å². The van der Waals surface area contributed by atoms with Gasteiger partial charge in [0.15, 0.2) is 6.29 Å². The van der Waals surface area contributed by atoms with Gasteiger partial charge in [0.05, 0.1) is 18.5 Å². The molecule has 0 spiro atoms. The molecule has 2 bridgehead atoms. The molecule has 25 heavy (non-hydrogen) atoms. The van der Waals surface area contributed by atoms with Crippen LogP contribution >= 0.6 is 0 Å². The normalized spacial score (nSPS) is 38.8. The smallest absolute Gasteiger partial charge is 0.175 e. The highest BCUT2D eigenvalue weighted by atomic mass is 32.2. The summed E-state index contributed by atoms with van der Waals surface area (Å²) in [5.74, 6) is 0.408. The van der Waals surface area contributed by atoms with Gasteiger partial charge >= 0.3 is 0 Å². The Labute approximate surface area is 151 Å². The molecule has 0 unspecified atom stereocenters. The summed E-state index contributed by atoms with van der Waals surface area (Å²) in [6.07, 6.45) is 3.57. The molecule has 1 aromatic rings. The van der Waals surface area contributed by atoms with Gasteiger partial charge in [-0.05, 0) is 18.4 Å². The molecular weight excluding hydrogens is 340 g/mol. The van der Waals surface area contributed by atoms with E-state index in [1.807, 2.05) is 30.3 Å². The van der Waals surface area contributed by atoms with E-state index in [1.165, 1.54) is 19.3 Å².